The molecule has 1 aromatic heterocycles. The van der Waals surface area contributed by atoms with Crippen LogP contribution >= 0.6 is 24.0 Å². The van der Waals surface area contributed by atoms with Crippen LogP contribution in [0.1, 0.15) is 49.0 Å². The number of aromatic nitrogens is 3. The minimum absolute atomic E-state index is 0. The van der Waals surface area contributed by atoms with Crippen LogP contribution in [0.2, 0.25) is 0 Å². The number of aliphatic imine (C=N–C) groups is 1. The first-order valence-corrected chi connectivity index (χ1v) is 11.5. The third-order valence-electron chi connectivity index (χ3n) is 5.82. The molecule has 4 rings (SSSR count). The second-order valence-electron chi connectivity index (χ2n) is 8.34. The van der Waals surface area contributed by atoms with Crippen LogP contribution in [0.4, 0.5) is 0 Å². The third kappa shape index (κ3) is 6.57. The van der Waals surface area contributed by atoms with Gasteiger partial charge < -0.3 is 24.7 Å². The van der Waals surface area contributed by atoms with Gasteiger partial charge in [-0.2, -0.15) is 0 Å². The van der Waals surface area contributed by atoms with Gasteiger partial charge in [0.1, 0.15) is 11.6 Å². The first-order valence-electron chi connectivity index (χ1n) is 11.5. The van der Waals surface area contributed by atoms with Crippen LogP contribution in [0.15, 0.2) is 23.2 Å². The predicted octanol–water partition coefficient (Wildman–Crippen LogP) is 3.21. The number of fused-ring (bicyclic) bond motifs is 1. The molecule has 0 aliphatic carbocycles. The molecule has 1 unspecified atom stereocenters. The van der Waals surface area contributed by atoms with E-state index in [9.17, 15) is 0 Å². The number of hydrogen-bond donors (Lipinski definition) is 2. The fraction of sp³-hybridized carbons (Fsp3) is 0.609. The van der Waals surface area contributed by atoms with Crippen LogP contribution in [0.3, 0.4) is 0 Å². The molecule has 32 heavy (non-hydrogen) atoms. The van der Waals surface area contributed by atoms with Crippen molar-refractivity contribution in [1.29, 1.82) is 0 Å². The fourth-order valence-corrected chi connectivity index (χ4v) is 4.02. The van der Waals surface area contributed by atoms with Crippen LogP contribution in [0.5, 0.6) is 5.75 Å². The summed E-state index contributed by atoms with van der Waals surface area (Å²) in [6.45, 7) is 9.43. The van der Waals surface area contributed by atoms with Crippen molar-refractivity contribution < 1.29 is 9.47 Å². The molecule has 1 saturated heterocycles. The zero-order valence-electron chi connectivity index (χ0n) is 19.1. The van der Waals surface area contributed by atoms with Gasteiger partial charge in [0.25, 0.3) is 0 Å². The molecule has 1 atom stereocenters. The SMILES string of the molecule is CCNC(=NCc1ccc(C)cc1OCC1CCOC1)NCc1nnc2n1CCCC2.I. The van der Waals surface area contributed by atoms with Gasteiger partial charge in [-0.05, 0) is 44.7 Å². The Morgan fingerprint density at radius 2 is 2.19 bits per heavy atom. The van der Waals surface area contributed by atoms with Crippen LogP contribution < -0.4 is 15.4 Å². The Morgan fingerprint density at radius 1 is 1.28 bits per heavy atom. The average molecular weight is 554 g/mol. The lowest BCUT2D eigenvalue weighted by atomic mass is 10.1. The fourth-order valence-electron chi connectivity index (χ4n) is 4.02. The van der Waals surface area contributed by atoms with E-state index in [-0.39, 0.29) is 24.0 Å². The van der Waals surface area contributed by atoms with E-state index in [0.29, 0.717) is 25.6 Å². The van der Waals surface area contributed by atoms with Gasteiger partial charge in [0.05, 0.1) is 26.3 Å². The average Bonchev–Trinajstić information content (AvgIpc) is 3.45. The van der Waals surface area contributed by atoms with E-state index < -0.39 is 0 Å². The Labute approximate surface area is 207 Å². The number of aryl methyl sites for hydroxylation is 2. The second kappa shape index (κ2) is 12.4. The van der Waals surface area contributed by atoms with Gasteiger partial charge in [-0.25, -0.2) is 4.99 Å². The first kappa shape index (κ1) is 24.8. The van der Waals surface area contributed by atoms with Gasteiger partial charge in [-0.3, -0.25) is 0 Å². The van der Waals surface area contributed by atoms with Gasteiger partial charge in [-0.15, -0.1) is 34.2 Å². The Balaban J connectivity index is 0.00000289. The Hall–Kier alpha value is -1.88. The Morgan fingerprint density at radius 3 is 3.00 bits per heavy atom. The van der Waals surface area contributed by atoms with Gasteiger partial charge in [0, 0.05) is 37.6 Å². The molecule has 0 radical (unpaired) electrons. The van der Waals surface area contributed by atoms with Crippen molar-refractivity contribution in [3.05, 3.63) is 41.0 Å². The number of halogens is 1. The molecule has 176 valence electrons. The van der Waals surface area contributed by atoms with Crippen molar-refractivity contribution in [3.8, 4) is 5.75 Å². The van der Waals surface area contributed by atoms with Gasteiger partial charge in [-0.1, -0.05) is 12.1 Å². The number of nitrogens with one attached hydrogen (secondary N) is 2. The van der Waals surface area contributed by atoms with Crippen molar-refractivity contribution in [1.82, 2.24) is 25.4 Å². The molecule has 0 amide bonds. The number of benzene rings is 1. The van der Waals surface area contributed by atoms with Crippen LogP contribution in [0, 0.1) is 12.8 Å². The molecule has 0 saturated carbocycles. The van der Waals surface area contributed by atoms with E-state index in [1.807, 2.05) is 0 Å². The van der Waals surface area contributed by atoms with E-state index in [1.165, 1.54) is 18.4 Å². The first-order chi connectivity index (χ1) is 15.2. The lowest BCUT2D eigenvalue weighted by Gasteiger charge is -2.16. The molecule has 1 fully saturated rings. The molecular formula is C23H35IN6O2. The maximum absolute atomic E-state index is 6.16. The minimum Gasteiger partial charge on any atom is -0.493 e. The molecule has 0 bridgehead atoms. The van der Waals surface area contributed by atoms with Crippen molar-refractivity contribution in [2.24, 2.45) is 10.9 Å². The van der Waals surface area contributed by atoms with Crippen molar-refractivity contribution >= 4 is 29.9 Å². The van der Waals surface area contributed by atoms with Gasteiger partial charge in [0.15, 0.2) is 11.8 Å². The summed E-state index contributed by atoms with van der Waals surface area (Å²) >= 11 is 0. The zero-order valence-corrected chi connectivity index (χ0v) is 21.4. The minimum atomic E-state index is 0. The highest BCUT2D eigenvalue weighted by molar-refractivity contribution is 14.0. The zero-order chi connectivity index (χ0) is 21.5. The monoisotopic (exact) mass is 554 g/mol. The Kier molecular flexibility index (Phi) is 9.58. The van der Waals surface area contributed by atoms with E-state index in [0.717, 1.165) is 68.1 Å². The highest BCUT2D eigenvalue weighted by atomic mass is 127. The predicted molar refractivity (Wildman–Crippen MR) is 136 cm³/mol. The molecule has 2 aromatic rings. The number of nitrogens with zero attached hydrogens (tertiary/aromatic N) is 4. The third-order valence-corrected chi connectivity index (χ3v) is 5.82. The summed E-state index contributed by atoms with van der Waals surface area (Å²) in [6.07, 6.45) is 4.48. The molecule has 3 heterocycles. The second-order valence-corrected chi connectivity index (χ2v) is 8.34. The molecule has 8 nitrogen and oxygen atoms in total. The molecule has 2 N–H and O–H groups in total. The van der Waals surface area contributed by atoms with Crippen LogP contribution in [0.25, 0.3) is 0 Å². The molecular weight excluding hydrogens is 519 g/mol. The summed E-state index contributed by atoms with van der Waals surface area (Å²) in [5.74, 6) is 4.23. The lowest BCUT2D eigenvalue weighted by Crippen LogP contribution is -2.37. The topological polar surface area (TPSA) is 85.6 Å². The van der Waals surface area contributed by atoms with Crippen LogP contribution in [-0.4, -0.2) is 47.1 Å². The van der Waals surface area contributed by atoms with Crippen molar-refractivity contribution in [2.45, 2.75) is 59.2 Å². The van der Waals surface area contributed by atoms with E-state index in [1.54, 1.807) is 0 Å². The van der Waals surface area contributed by atoms with Crippen molar-refractivity contribution in [2.75, 3.05) is 26.4 Å². The summed E-state index contributed by atoms with van der Waals surface area (Å²) in [7, 11) is 0. The molecule has 2 aliphatic rings. The normalized spacial score (nSPS) is 18.1. The summed E-state index contributed by atoms with van der Waals surface area (Å²) < 4.78 is 13.9. The molecule has 9 heteroatoms. The van der Waals surface area contributed by atoms with E-state index >= 15 is 0 Å². The summed E-state index contributed by atoms with van der Waals surface area (Å²) in [5.41, 5.74) is 2.27. The summed E-state index contributed by atoms with van der Waals surface area (Å²) in [6, 6.07) is 6.32. The Bertz CT molecular complexity index is 895. The smallest absolute Gasteiger partial charge is 0.191 e. The van der Waals surface area contributed by atoms with Gasteiger partial charge in [0.2, 0.25) is 0 Å². The quantitative estimate of drug-likeness (QED) is 0.296. The number of rotatable bonds is 8. The molecule has 0 spiro atoms. The largest absolute Gasteiger partial charge is 0.493 e. The number of hydrogen-bond acceptors (Lipinski definition) is 5. The highest BCUT2D eigenvalue weighted by Gasteiger charge is 2.18. The number of guanidine groups is 1. The summed E-state index contributed by atoms with van der Waals surface area (Å²) in [5, 5.41) is 15.4. The lowest BCUT2D eigenvalue weighted by molar-refractivity contribution is 0.166. The highest BCUT2D eigenvalue weighted by Crippen LogP contribution is 2.23. The maximum Gasteiger partial charge on any atom is 0.191 e. The van der Waals surface area contributed by atoms with Crippen molar-refractivity contribution in [3.63, 3.8) is 0 Å². The van der Waals surface area contributed by atoms with E-state index in [2.05, 4.69) is 57.4 Å². The number of ether oxygens (including phenoxy) is 2. The maximum atomic E-state index is 6.16. The van der Waals surface area contributed by atoms with E-state index in [4.69, 9.17) is 14.5 Å². The standard InChI is InChI=1S/C23H34N6O2.HI/c1-3-24-23(26-14-22-28-27-21-6-4-5-10-29(21)22)25-13-19-8-7-17(2)12-20(19)31-16-18-9-11-30-15-18;/h7-8,12,18H,3-6,9-11,13-16H2,1-2H3,(H2,24,25,26);1H. The molecule has 2 aliphatic heterocycles. The van der Waals surface area contributed by atoms with Crippen LogP contribution in [-0.2, 0) is 30.8 Å². The summed E-state index contributed by atoms with van der Waals surface area (Å²) in [4.78, 5) is 4.80. The van der Waals surface area contributed by atoms with Gasteiger partial charge >= 0.3 is 0 Å². The molecule has 1 aromatic carbocycles.